The van der Waals surface area contributed by atoms with E-state index in [2.05, 4.69) is 0 Å². The average Bonchev–Trinajstić information content (AvgIpc) is 2.38. The lowest BCUT2D eigenvalue weighted by Gasteiger charge is -2.28. The van der Waals surface area contributed by atoms with Crippen LogP contribution in [-0.4, -0.2) is 33.9 Å². The lowest BCUT2D eigenvalue weighted by molar-refractivity contribution is 0.0507. The highest BCUT2D eigenvalue weighted by atomic mass is 35.5. The van der Waals surface area contributed by atoms with Crippen molar-refractivity contribution in [2.45, 2.75) is 38.5 Å². The molecule has 1 aromatic rings. The van der Waals surface area contributed by atoms with Crippen molar-refractivity contribution in [3.63, 3.8) is 0 Å². The molecule has 0 heterocycles. The quantitative estimate of drug-likeness (QED) is 0.843. The fourth-order valence-electron chi connectivity index (χ4n) is 1.86. The molecule has 3 nitrogen and oxygen atoms in total. The Morgan fingerprint density at radius 2 is 2.14 bits per heavy atom. The summed E-state index contributed by atoms with van der Waals surface area (Å²) in [5, 5.41) is 9.77. The Labute approximate surface area is 134 Å². The fourth-order valence-corrected chi connectivity index (χ4v) is 2.99. The third-order valence-electron chi connectivity index (χ3n) is 2.71. The van der Waals surface area contributed by atoms with E-state index in [1.165, 1.54) is 6.07 Å². The number of rotatable bonds is 6. The van der Waals surface area contributed by atoms with Gasteiger partial charge in [0.2, 0.25) is 0 Å². The highest BCUT2D eigenvalue weighted by Crippen LogP contribution is 2.25. The average molecular weight is 334 g/mol. The number of nitrogens with zero attached hydrogens (tertiary/aromatic N) is 1. The van der Waals surface area contributed by atoms with Gasteiger partial charge in [-0.2, -0.15) is 0 Å². The van der Waals surface area contributed by atoms with Gasteiger partial charge in [0.15, 0.2) is 0 Å². The van der Waals surface area contributed by atoms with Crippen LogP contribution in [0.1, 0.15) is 32.8 Å². The van der Waals surface area contributed by atoms with Gasteiger partial charge in [-0.25, -0.2) is 4.39 Å². The molecule has 0 atom stereocenters. The van der Waals surface area contributed by atoms with Crippen LogP contribution in [0.5, 0.6) is 0 Å². The lowest BCUT2D eigenvalue weighted by atomic mass is 10.1. The fraction of sp³-hybridized carbons (Fsp3) is 0.533. The Balaban J connectivity index is 2.67. The maximum atomic E-state index is 13.3. The molecule has 118 valence electrons. The summed E-state index contributed by atoms with van der Waals surface area (Å²) < 4.78 is 13.3. The monoisotopic (exact) mass is 333 g/mol. The molecule has 0 spiro atoms. The zero-order valence-electron chi connectivity index (χ0n) is 12.5. The van der Waals surface area contributed by atoms with Gasteiger partial charge < -0.3 is 10.0 Å². The first-order valence-corrected chi connectivity index (χ1v) is 8.18. The second-order valence-corrected chi connectivity index (χ2v) is 6.81. The zero-order chi connectivity index (χ0) is 16.0. The van der Waals surface area contributed by atoms with Gasteiger partial charge in [-0.15, -0.1) is 0 Å². The third-order valence-corrected chi connectivity index (χ3v) is 4.10. The highest BCUT2D eigenvalue weighted by Gasteiger charge is 2.22. The number of hydrogen-bond donors (Lipinski definition) is 1. The molecule has 0 saturated carbocycles. The second kappa shape index (κ2) is 8.01. The Morgan fingerprint density at radius 1 is 1.48 bits per heavy atom. The van der Waals surface area contributed by atoms with E-state index < -0.39 is 11.4 Å². The van der Waals surface area contributed by atoms with E-state index in [-0.39, 0.29) is 16.8 Å². The van der Waals surface area contributed by atoms with Crippen molar-refractivity contribution in [2.75, 3.05) is 13.1 Å². The van der Waals surface area contributed by atoms with E-state index in [4.69, 9.17) is 11.6 Å². The van der Waals surface area contributed by atoms with Crippen LogP contribution in [0.25, 0.3) is 0 Å². The van der Waals surface area contributed by atoms with Crippen molar-refractivity contribution in [3.8, 4) is 0 Å². The number of aliphatic hydroxyl groups is 1. The van der Waals surface area contributed by atoms with E-state index in [0.717, 1.165) is 18.2 Å². The number of thioether (sulfide) groups is 1. The van der Waals surface area contributed by atoms with Crippen molar-refractivity contribution >= 4 is 28.6 Å². The largest absolute Gasteiger partial charge is 0.389 e. The molecule has 0 aliphatic heterocycles. The van der Waals surface area contributed by atoms with Crippen molar-refractivity contribution in [2.24, 2.45) is 0 Å². The minimum atomic E-state index is -0.943. The molecule has 0 aliphatic rings. The molecule has 0 bridgehead atoms. The van der Waals surface area contributed by atoms with Crippen molar-refractivity contribution in [1.29, 1.82) is 0 Å². The van der Waals surface area contributed by atoms with Gasteiger partial charge in [0.05, 0.1) is 10.6 Å². The van der Waals surface area contributed by atoms with Gasteiger partial charge in [0.25, 0.3) is 5.24 Å². The molecule has 1 amide bonds. The molecule has 21 heavy (non-hydrogen) atoms. The number of amides is 1. The molecule has 1 rings (SSSR count). The molecule has 1 N–H and O–H groups in total. The molecule has 1 aromatic carbocycles. The first-order chi connectivity index (χ1) is 9.74. The Morgan fingerprint density at radius 3 is 2.71 bits per heavy atom. The lowest BCUT2D eigenvalue weighted by Crippen LogP contribution is -2.41. The summed E-state index contributed by atoms with van der Waals surface area (Å²) in [5.41, 5.74) is -0.350. The molecule has 0 aliphatic carbocycles. The topological polar surface area (TPSA) is 40.5 Å². The molecular formula is C15H21ClFNO2S. The standard InChI is InChI=1S/C15H21ClFNO2S/c1-4-8-18(10-15(2,3)20)14(19)21-9-11-6-5-7-12(17)13(11)16/h5-7,20H,4,8-10H2,1-3H3. The third kappa shape index (κ3) is 6.24. The Bertz CT molecular complexity index is 491. The van der Waals surface area contributed by atoms with Crippen LogP contribution >= 0.6 is 23.4 Å². The molecule has 0 fully saturated rings. The van der Waals surface area contributed by atoms with E-state index in [9.17, 15) is 14.3 Å². The minimum Gasteiger partial charge on any atom is -0.389 e. The van der Waals surface area contributed by atoms with Gasteiger partial charge >= 0.3 is 0 Å². The van der Waals surface area contributed by atoms with Crippen molar-refractivity contribution in [1.82, 2.24) is 4.90 Å². The first-order valence-electron chi connectivity index (χ1n) is 6.81. The summed E-state index contributed by atoms with van der Waals surface area (Å²) in [6.07, 6.45) is 0.809. The predicted octanol–water partition coefficient (Wildman–Crippen LogP) is 4.32. The Hall–Kier alpha value is -0.780. The number of carbonyl (C=O) groups is 1. The van der Waals surface area contributed by atoms with Gasteiger partial charge in [-0.3, -0.25) is 4.79 Å². The number of benzene rings is 1. The molecule has 0 saturated heterocycles. The van der Waals surface area contributed by atoms with Crippen molar-refractivity contribution < 1.29 is 14.3 Å². The summed E-state index contributed by atoms with van der Waals surface area (Å²) in [4.78, 5) is 13.8. The highest BCUT2D eigenvalue weighted by molar-refractivity contribution is 8.12. The van der Waals surface area contributed by atoms with Gasteiger partial charge in [0.1, 0.15) is 5.82 Å². The van der Waals surface area contributed by atoms with Crippen LogP contribution in [0.15, 0.2) is 18.2 Å². The second-order valence-electron chi connectivity index (χ2n) is 5.50. The van der Waals surface area contributed by atoms with Crippen LogP contribution in [-0.2, 0) is 5.75 Å². The zero-order valence-corrected chi connectivity index (χ0v) is 14.1. The van der Waals surface area contributed by atoms with Gasteiger partial charge in [-0.1, -0.05) is 42.4 Å². The van der Waals surface area contributed by atoms with Crippen LogP contribution in [0.4, 0.5) is 9.18 Å². The predicted molar refractivity (Wildman–Crippen MR) is 86.3 cm³/mol. The molecule has 6 heteroatoms. The van der Waals surface area contributed by atoms with E-state index in [0.29, 0.717) is 17.9 Å². The van der Waals surface area contributed by atoms with E-state index >= 15 is 0 Å². The molecule has 0 unspecified atom stereocenters. The smallest absolute Gasteiger partial charge is 0.282 e. The summed E-state index contributed by atoms with van der Waals surface area (Å²) in [6.45, 7) is 6.14. The first kappa shape index (κ1) is 18.3. The molecular weight excluding hydrogens is 313 g/mol. The number of halogens is 2. The summed E-state index contributed by atoms with van der Waals surface area (Å²) >= 11 is 6.94. The molecule has 0 aromatic heterocycles. The van der Waals surface area contributed by atoms with Gasteiger partial charge in [0, 0.05) is 18.8 Å². The van der Waals surface area contributed by atoms with Crippen LogP contribution in [0, 0.1) is 5.82 Å². The number of carbonyl (C=O) groups excluding carboxylic acids is 1. The normalized spacial score (nSPS) is 11.5. The summed E-state index contributed by atoms with van der Waals surface area (Å²) in [5.74, 6) is -0.175. The van der Waals surface area contributed by atoms with Crippen LogP contribution in [0.2, 0.25) is 5.02 Å². The van der Waals surface area contributed by atoms with Crippen LogP contribution in [0.3, 0.4) is 0 Å². The number of hydrogen-bond acceptors (Lipinski definition) is 3. The van der Waals surface area contributed by atoms with Crippen molar-refractivity contribution in [3.05, 3.63) is 34.6 Å². The van der Waals surface area contributed by atoms with Crippen LogP contribution < -0.4 is 0 Å². The molecule has 0 radical (unpaired) electrons. The summed E-state index contributed by atoms with van der Waals surface area (Å²) in [7, 11) is 0. The van der Waals surface area contributed by atoms with E-state index in [1.807, 2.05) is 6.92 Å². The summed E-state index contributed by atoms with van der Waals surface area (Å²) in [6, 6.07) is 4.56. The minimum absolute atomic E-state index is 0.0577. The Kier molecular flexibility index (Phi) is 6.97. The van der Waals surface area contributed by atoms with E-state index in [1.54, 1.807) is 30.9 Å². The maximum Gasteiger partial charge on any atom is 0.282 e. The maximum absolute atomic E-state index is 13.3. The van der Waals surface area contributed by atoms with Gasteiger partial charge in [-0.05, 0) is 31.9 Å². The SMILES string of the molecule is CCCN(CC(C)(C)O)C(=O)SCc1cccc(F)c1Cl.